The maximum absolute atomic E-state index is 12.1. The SMILES string of the molecule is CCS(=O)(=O)N1CC(C(=O)OC)Oc2ccccc21. The van der Waals surface area contributed by atoms with Crippen molar-refractivity contribution in [2.75, 3.05) is 23.7 Å². The quantitative estimate of drug-likeness (QED) is 0.767. The van der Waals surface area contributed by atoms with Crippen LogP contribution in [0, 0.1) is 0 Å². The molecule has 0 spiro atoms. The third kappa shape index (κ3) is 2.51. The van der Waals surface area contributed by atoms with Crippen molar-refractivity contribution in [3.8, 4) is 5.75 Å². The first-order valence-electron chi connectivity index (χ1n) is 5.83. The van der Waals surface area contributed by atoms with Crippen LogP contribution in [-0.2, 0) is 19.6 Å². The number of anilines is 1. The van der Waals surface area contributed by atoms with Crippen molar-refractivity contribution in [2.24, 2.45) is 0 Å². The predicted octanol–water partition coefficient (Wildman–Crippen LogP) is 0.777. The summed E-state index contributed by atoms with van der Waals surface area (Å²) in [6.45, 7) is 1.49. The van der Waals surface area contributed by atoms with E-state index in [2.05, 4.69) is 4.74 Å². The average Bonchev–Trinajstić information content (AvgIpc) is 2.45. The molecule has 1 atom stereocenters. The smallest absolute Gasteiger partial charge is 0.348 e. The zero-order valence-electron chi connectivity index (χ0n) is 10.7. The second-order valence-electron chi connectivity index (χ2n) is 4.03. The summed E-state index contributed by atoms with van der Waals surface area (Å²) in [7, 11) is -2.22. The zero-order chi connectivity index (χ0) is 14.0. The number of hydrogen-bond donors (Lipinski definition) is 0. The maximum Gasteiger partial charge on any atom is 0.348 e. The van der Waals surface area contributed by atoms with Gasteiger partial charge in [-0.1, -0.05) is 12.1 Å². The van der Waals surface area contributed by atoms with Gasteiger partial charge in [-0.2, -0.15) is 0 Å². The van der Waals surface area contributed by atoms with Gasteiger partial charge in [-0.25, -0.2) is 13.2 Å². The molecule has 0 bridgehead atoms. The van der Waals surface area contributed by atoms with Gasteiger partial charge < -0.3 is 9.47 Å². The Morgan fingerprint density at radius 2 is 2.16 bits per heavy atom. The van der Waals surface area contributed by atoms with Crippen molar-refractivity contribution in [2.45, 2.75) is 13.0 Å². The fourth-order valence-electron chi connectivity index (χ4n) is 1.88. The number of methoxy groups -OCH3 is 1. The standard InChI is InChI=1S/C12H15NO5S/c1-3-19(15,16)13-8-11(12(14)17-2)18-10-7-5-4-6-9(10)13/h4-7,11H,3,8H2,1-2H3. The minimum absolute atomic E-state index is 0.0464. The molecule has 1 aliphatic rings. The van der Waals surface area contributed by atoms with Crippen LogP contribution in [0.3, 0.4) is 0 Å². The second kappa shape index (κ2) is 5.08. The molecule has 1 aromatic rings. The highest BCUT2D eigenvalue weighted by atomic mass is 32.2. The van der Waals surface area contributed by atoms with Crippen LogP contribution in [0.25, 0.3) is 0 Å². The molecule has 1 aromatic carbocycles. The van der Waals surface area contributed by atoms with Gasteiger partial charge in [0.15, 0.2) is 0 Å². The van der Waals surface area contributed by atoms with E-state index >= 15 is 0 Å². The number of esters is 1. The molecule has 6 nitrogen and oxygen atoms in total. The second-order valence-corrected chi connectivity index (χ2v) is 6.21. The first kappa shape index (κ1) is 13.7. The Kier molecular flexibility index (Phi) is 3.66. The normalized spacial score (nSPS) is 18.4. The average molecular weight is 285 g/mol. The summed E-state index contributed by atoms with van der Waals surface area (Å²) in [6, 6.07) is 6.72. The van der Waals surface area contributed by atoms with Crippen LogP contribution in [0.4, 0.5) is 5.69 Å². The van der Waals surface area contributed by atoms with E-state index in [1.807, 2.05) is 0 Å². The summed E-state index contributed by atoms with van der Waals surface area (Å²) < 4.78 is 35.5. The van der Waals surface area contributed by atoms with E-state index in [9.17, 15) is 13.2 Å². The third-order valence-corrected chi connectivity index (χ3v) is 4.65. The monoisotopic (exact) mass is 285 g/mol. The largest absolute Gasteiger partial charge is 0.475 e. The zero-order valence-corrected chi connectivity index (χ0v) is 11.5. The number of nitrogens with zero attached hydrogens (tertiary/aromatic N) is 1. The van der Waals surface area contributed by atoms with Crippen molar-refractivity contribution in [3.63, 3.8) is 0 Å². The Balaban J connectivity index is 2.45. The highest BCUT2D eigenvalue weighted by Gasteiger charge is 2.36. The van der Waals surface area contributed by atoms with Crippen LogP contribution in [0.2, 0.25) is 0 Å². The number of para-hydroxylation sites is 2. The Morgan fingerprint density at radius 3 is 2.79 bits per heavy atom. The molecule has 0 saturated carbocycles. The molecule has 104 valence electrons. The molecule has 0 N–H and O–H groups in total. The molecule has 19 heavy (non-hydrogen) atoms. The lowest BCUT2D eigenvalue weighted by Gasteiger charge is -2.33. The molecular weight excluding hydrogens is 270 g/mol. The molecule has 1 heterocycles. The van der Waals surface area contributed by atoms with E-state index in [0.717, 1.165) is 0 Å². The number of carbonyl (C=O) groups excluding carboxylic acids is 1. The van der Waals surface area contributed by atoms with Gasteiger partial charge in [-0.3, -0.25) is 4.31 Å². The molecule has 1 unspecified atom stereocenters. The van der Waals surface area contributed by atoms with Crippen molar-refractivity contribution >= 4 is 21.7 Å². The lowest BCUT2D eigenvalue weighted by Crippen LogP contribution is -2.47. The summed E-state index contributed by atoms with van der Waals surface area (Å²) in [5.41, 5.74) is 0.449. The van der Waals surface area contributed by atoms with Crippen LogP contribution in [-0.4, -0.2) is 39.9 Å². The summed E-state index contributed by atoms with van der Waals surface area (Å²) in [5.74, 6) is -0.276. The molecule has 0 amide bonds. The van der Waals surface area contributed by atoms with Crippen LogP contribution in [0.15, 0.2) is 24.3 Å². The van der Waals surface area contributed by atoms with Gasteiger partial charge in [-0.05, 0) is 19.1 Å². The third-order valence-electron chi connectivity index (χ3n) is 2.90. The summed E-state index contributed by atoms with van der Waals surface area (Å²) in [5, 5.41) is 0. The Hall–Kier alpha value is -1.76. The Labute approximate surface area is 112 Å². The summed E-state index contributed by atoms with van der Waals surface area (Å²) >= 11 is 0. The first-order valence-corrected chi connectivity index (χ1v) is 7.44. The van der Waals surface area contributed by atoms with E-state index < -0.39 is 22.1 Å². The van der Waals surface area contributed by atoms with Crippen molar-refractivity contribution < 1.29 is 22.7 Å². The highest BCUT2D eigenvalue weighted by Crippen LogP contribution is 2.35. The van der Waals surface area contributed by atoms with Crippen molar-refractivity contribution in [3.05, 3.63) is 24.3 Å². The summed E-state index contributed by atoms with van der Waals surface area (Å²) in [4.78, 5) is 11.6. The fraction of sp³-hybridized carbons (Fsp3) is 0.417. The minimum atomic E-state index is -3.46. The number of sulfonamides is 1. The molecule has 7 heteroatoms. The first-order chi connectivity index (χ1) is 8.99. The van der Waals surface area contributed by atoms with Crippen molar-refractivity contribution in [1.82, 2.24) is 0 Å². The number of rotatable bonds is 3. The number of carbonyl (C=O) groups is 1. The molecule has 2 rings (SSSR count). The molecule has 0 fully saturated rings. The van der Waals surface area contributed by atoms with Gasteiger partial charge >= 0.3 is 5.97 Å². The molecular formula is C12H15NO5S. The van der Waals surface area contributed by atoms with Crippen LogP contribution in [0.1, 0.15) is 6.92 Å². The molecule has 1 aliphatic heterocycles. The number of benzene rings is 1. The Morgan fingerprint density at radius 1 is 1.47 bits per heavy atom. The van der Waals surface area contributed by atoms with Gasteiger partial charge in [0.1, 0.15) is 5.75 Å². The summed E-state index contributed by atoms with van der Waals surface area (Å²) in [6.07, 6.45) is -0.943. The van der Waals surface area contributed by atoms with Crippen molar-refractivity contribution in [1.29, 1.82) is 0 Å². The molecule has 0 saturated heterocycles. The van der Waals surface area contributed by atoms with E-state index in [-0.39, 0.29) is 12.3 Å². The molecule has 0 aliphatic carbocycles. The molecule has 0 aromatic heterocycles. The number of fused-ring (bicyclic) bond motifs is 1. The Bertz CT molecular complexity index is 584. The number of hydrogen-bond acceptors (Lipinski definition) is 5. The van der Waals surface area contributed by atoms with Crippen LogP contribution in [0.5, 0.6) is 5.75 Å². The van der Waals surface area contributed by atoms with Gasteiger partial charge in [0.2, 0.25) is 16.1 Å². The van der Waals surface area contributed by atoms with Crippen LogP contribution >= 0.6 is 0 Å². The maximum atomic E-state index is 12.1. The van der Waals surface area contributed by atoms with Crippen LogP contribution < -0.4 is 9.04 Å². The van der Waals surface area contributed by atoms with Gasteiger partial charge in [-0.15, -0.1) is 0 Å². The lowest BCUT2D eigenvalue weighted by molar-refractivity contribution is -0.148. The topological polar surface area (TPSA) is 72.9 Å². The van der Waals surface area contributed by atoms with E-state index in [1.54, 1.807) is 31.2 Å². The van der Waals surface area contributed by atoms with E-state index in [4.69, 9.17) is 4.74 Å². The van der Waals surface area contributed by atoms with E-state index in [1.165, 1.54) is 11.4 Å². The van der Waals surface area contributed by atoms with Gasteiger partial charge in [0.05, 0.1) is 25.1 Å². The number of ether oxygens (including phenoxy) is 2. The van der Waals surface area contributed by atoms with Gasteiger partial charge in [0.25, 0.3) is 0 Å². The lowest BCUT2D eigenvalue weighted by atomic mass is 10.2. The van der Waals surface area contributed by atoms with E-state index in [0.29, 0.717) is 11.4 Å². The van der Waals surface area contributed by atoms with Gasteiger partial charge in [0, 0.05) is 0 Å². The molecule has 0 radical (unpaired) electrons. The fourth-order valence-corrected chi connectivity index (χ4v) is 3.00. The highest BCUT2D eigenvalue weighted by molar-refractivity contribution is 7.92. The minimum Gasteiger partial charge on any atom is -0.475 e. The predicted molar refractivity (Wildman–Crippen MR) is 69.7 cm³/mol.